The van der Waals surface area contributed by atoms with Crippen molar-refractivity contribution in [2.45, 2.75) is 6.10 Å². The van der Waals surface area contributed by atoms with Crippen LogP contribution in [-0.4, -0.2) is 62.3 Å². The van der Waals surface area contributed by atoms with Gasteiger partial charge in [-0.25, -0.2) is 15.0 Å². The van der Waals surface area contributed by atoms with E-state index in [1.165, 1.54) is 0 Å². The predicted octanol–water partition coefficient (Wildman–Crippen LogP) is 0.435. The van der Waals surface area contributed by atoms with Gasteiger partial charge in [0.15, 0.2) is 0 Å². The molecule has 3 aromatic rings. The summed E-state index contributed by atoms with van der Waals surface area (Å²) in [4.78, 5) is 24.3. The highest BCUT2D eigenvalue weighted by atomic mass is 16.3. The number of hydrogen-bond acceptors (Lipinski definition) is 7. The number of aliphatic hydroxyl groups excluding tert-OH is 1. The summed E-state index contributed by atoms with van der Waals surface area (Å²) in [7, 11) is 0. The van der Waals surface area contributed by atoms with E-state index in [-0.39, 0.29) is 0 Å². The molecular weight excluding hydrogens is 294 g/mol. The van der Waals surface area contributed by atoms with Crippen LogP contribution in [0.4, 0.5) is 11.6 Å². The monoisotopic (exact) mass is 311 g/mol. The average molecular weight is 311 g/mol. The summed E-state index contributed by atoms with van der Waals surface area (Å²) in [6.07, 6.45) is 7.93. The van der Waals surface area contributed by atoms with Crippen molar-refractivity contribution in [1.82, 2.24) is 24.9 Å². The summed E-state index contributed by atoms with van der Waals surface area (Å²) >= 11 is 0. The van der Waals surface area contributed by atoms with Crippen molar-refractivity contribution in [3.05, 3.63) is 37.2 Å². The number of rotatable bonds is 2. The Morgan fingerprint density at radius 3 is 2.83 bits per heavy atom. The van der Waals surface area contributed by atoms with Crippen LogP contribution in [0.15, 0.2) is 37.2 Å². The summed E-state index contributed by atoms with van der Waals surface area (Å²) in [5.74, 6) is 1.62. The second-order valence-electron chi connectivity index (χ2n) is 5.55. The molecule has 8 nitrogen and oxygen atoms in total. The van der Waals surface area contributed by atoms with Crippen LogP contribution in [0.1, 0.15) is 0 Å². The minimum atomic E-state index is -0.497. The lowest BCUT2D eigenvalue weighted by Crippen LogP contribution is -2.34. The smallest absolute Gasteiger partial charge is 0.147 e. The molecule has 0 unspecified atom stereocenters. The Bertz CT molecular complexity index is 791. The maximum atomic E-state index is 10.4. The molecule has 2 N–H and O–H groups in total. The van der Waals surface area contributed by atoms with Gasteiger partial charge in [-0.2, -0.15) is 0 Å². The van der Waals surface area contributed by atoms with Crippen LogP contribution >= 0.6 is 0 Å². The first-order chi connectivity index (χ1) is 11.3. The molecule has 0 aromatic carbocycles. The number of nitrogens with one attached hydrogen (secondary N) is 1. The van der Waals surface area contributed by atoms with E-state index < -0.39 is 6.10 Å². The Morgan fingerprint density at radius 1 is 1.09 bits per heavy atom. The molecule has 23 heavy (non-hydrogen) atoms. The van der Waals surface area contributed by atoms with Gasteiger partial charge in [0.25, 0.3) is 0 Å². The summed E-state index contributed by atoms with van der Waals surface area (Å²) in [6.45, 7) is 2.53. The van der Waals surface area contributed by atoms with Gasteiger partial charge in [0.1, 0.15) is 23.6 Å². The van der Waals surface area contributed by atoms with Gasteiger partial charge in [-0.1, -0.05) is 0 Å². The maximum absolute atomic E-state index is 10.4. The van der Waals surface area contributed by atoms with Crippen molar-refractivity contribution in [2.75, 3.05) is 36.0 Å². The molecule has 1 aliphatic heterocycles. The SMILES string of the molecule is O[C@@H]1CN(c2cnccn2)CCN(c2ncnc3[nH]ccc23)C1. The highest BCUT2D eigenvalue weighted by Crippen LogP contribution is 2.23. The summed E-state index contributed by atoms with van der Waals surface area (Å²) < 4.78 is 0. The fourth-order valence-corrected chi connectivity index (χ4v) is 2.96. The van der Waals surface area contributed by atoms with E-state index in [9.17, 15) is 5.11 Å². The molecule has 0 radical (unpaired) electrons. The van der Waals surface area contributed by atoms with Gasteiger partial charge in [0.05, 0.1) is 17.7 Å². The van der Waals surface area contributed by atoms with Gasteiger partial charge in [0.2, 0.25) is 0 Å². The molecule has 0 aliphatic carbocycles. The Hall–Kier alpha value is -2.74. The number of aromatic nitrogens is 5. The zero-order valence-corrected chi connectivity index (χ0v) is 12.5. The predicted molar refractivity (Wildman–Crippen MR) is 86.4 cm³/mol. The zero-order valence-electron chi connectivity index (χ0n) is 12.5. The molecule has 1 aliphatic rings. The van der Waals surface area contributed by atoms with E-state index in [1.807, 2.05) is 17.2 Å². The van der Waals surface area contributed by atoms with Gasteiger partial charge in [-0.05, 0) is 6.07 Å². The lowest BCUT2D eigenvalue weighted by molar-refractivity contribution is 0.190. The summed E-state index contributed by atoms with van der Waals surface area (Å²) in [5.41, 5.74) is 0.805. The van der Waals surface area contributed by atoms with E-state index in [0.717, 1.165) is 35.8 Å². The molecule has 3 aromatic heterocycles. The molecule has 4 heterocycles. The third-order valence-electron chi connectivity index (χ3n) is 4.01. The molecule has 0 spiro atoms. The maximum Gasteiger partial charge on any atom is 0.147 e. The van der Waals surface area contributed by atoms with Crippen LogP contribution in [0.2, 0.25) is 0 Å². The van der Waals surface area contributed by atoms with Gasteiger partial charge >= 0.3 is 0 Å². The molecule has 1 atom stereocenters. The normalized spacial score (nSPS) is 19.1. The number of aromatic amines is 1. The number of H-pyrrole nitrogens is 1. The standard InChI is InChI=1S/C15H17N7O/c23-11-8-21(13-7-16-3-4-17-13)5-6-22(9-11)15-12-1-2-18-14(12)19-10-20-15/h1-4,7,10-11,23H,5-6,8-9H2,(H,18,19,20)/t11-/m1/s1. The van der Waals surface area contributed by atoms with Gasteiger partial charge in [-0.3, -0.25) is 4.98 Å². The lowest BCUT2D eigenvalue weighted by Gasteiger charge is -2.23. The van der Waals surface area contributed by atoms with E-state index in [0.29, 0.717) is 13.1 Å². The number of fused-ring (bicyclic) bond motifs is 1. The molecule has 1 fully saturated rings. The third kappa shape index (κ3) is 2.68. The quantitative estimate of drug-likeness (QED) is 0.709. The largest absolute Gasteiger partial charge is 0.389 e. The van der Waals surface area contributed by atoms with Crippen LogP contribution in [0.25, 0.3) is 11.0 Å². The molecule has 118 valence electrons. The first kappa shape index (κ1) is 13.9. The number of hydrogen-bond donors (Lipinski definition) is 2. The minimum Gasteiger partial charge on any atom is -0.389 e. The first-order valence-corrected chi connectivity index (χ1v) is 7.53. The van der Waals surface area contributed by atoms with Gasteiger partial charge in [-0.15, -0.1) is 0 Å². The van der Waals surface area contributed by atoms with Crippen molar-refractivity contribution in [3.63, 3.8) is 0 Å². The second-order valence-corrected chi connectivity index (χ2v) is 5.55. The van der Waals surface area contributed by atoms with Crippen LogP contribution in [-0.2, 0) is 0 Å². The van der Waals surface area contributed by atoms with E-state index in [4.69, 9.17) is 0 Å². The highest BCUT2D eigenvalue weighted by molar-refractivity contribution is 5.87. The first-order valence-electron chi connectivity index (χ1n) is 7.53. The van der Waals surface area contributed by atoms with Gasteiger partial charge < -0.3 is 19.9 Å². The van der Waals surface area contributed by atoms with E-state index in [2.05, 4.69) is 29.8 Å². The molecule has 0 bridgehead atoms. The summed E-state index contributed by atoms with van der Waals surface area (Å²) in [6, 6.07) is 1.96. The van der Waals surface area contributed by atoms with Crippen LogP contribution in [0, 0.1) is 0 Å². The number of nitrogens with zero attached hydrogens (tertiary/aromatic N) is 6. The molecule has 0 saturated carbocycles. The van der Waals surface area contributed by atoms with Crippen molar-refractivity contribution >= 4 is 22.7 Å². The van der Waals surface area contributed by atoms with Crippen LogP contribution < -0.4 is 9.80 Å². The zero-order chi connectivity index (χ0) is 15.6. The van der Waals surface area contributed by atoms with Crippen molar-refractivity contribution < 1.29 is 5.11 Å². The lowest BCUT2D eigenvalue weighted by atomic mass is 10.3. The molecular formula is C15H17N7O. The average Bonchev–Trinajstić information content (AvgIpc) is 2.98. The van der Waals surface area contributed by atoms with Crippen molar-refractivity contribution in [3.8, 4) is 0 Å². The highest BCUT2D eigenvalue weighted by Gasteiger charge is 2.24. The summed E-state index contributed by atoms with van der Waals surface area (Å²) in [5, 5.41) is 11.4. The molecule has 1 saturated heterocycles. The van der Waals surface area contributed by atoms with E-state index >= 15 is 0 Å². The Kier molecular flexibility index (Phi) is 3.51. The second kappa shape index (κ2) is 5.81. The van der Waals surface area contributed by atoms with Crippen LogP contribution in [0.5, 0.6) is 0 Å². The molecule has 8 heteroatoms. The number of β-amino-alcohol motifs (C(OH)–C–C–N with tert-alkyl or cyclic N) is 1. The fourth-order valence-electron chi connectivity index (χ4n) is 2.96. The van der Waals surface area contributed by atoms with Crippen LogP contribution in [0.3, 0.4) is 0 Å². The van der Waals surface area contributed by atoms with Gasteiger partial charge in [0, 0.05) is 44.8 Å². The Morgan fingerprint density at radius 2 is 1.96 bits per heavy atom. The molecule has 4 rings (SSSR count). The fraction of sp³-hybridized carbons (Fsp3) is 0.333. The van der Waals surface area contributed by atoms with Crippen molar-refractivity contribution in [2.24, 2.45) is 0 Å². The minimum absolute atomic E-state index is 0.497. The Balaban J connectivity index is 1.61. The van der Waals surface area contributed by atoms with Crippen molar-refractivity contribution in [1.29, 1.82) is 0 Å². The third-order valence-corrected chi connectivity index (χ3v) is 4.01. The van der Waals surface area contributed by atoms with E-state index in [1.54, 1.807) is 24.9 Å². The number of aliphatic hydroxyl groups is 1. The molecule has 0 amide bonds. The Labute approximate surface area is 132 Å². The topological polar surface area (TPSA) is 94.1 Å². The number of anilines is 2.